The number of rotatable bonds is 5. The van der Waals surface area contributed by atoms with Gasteiger partial charge in [0.05, 0.1) is 0 Å². The quantitative estimate of drug-likeness (QED) is 0.708. The fourth-order valence-electron chi connectivity index (χ4n) is 1.74. The molecule has 76 valence electrons. The summed E-state index contributed by atoms with van der Waals surface area (Å²) in [6, 6.07) is 10.8. The molecular weight excluding hydrogens is 170 g/mol. The first-order valence-corrected chi connectivity index (χ1v) is 5.15. The maximum Gasteiger partial charge on any atom is 0.00164 e. The molecule has 1 aromatic rings. The highest BCUT2D eigenvalue weighted by molar-refractivity contribution is 5.20. The van der Waals surface area contributed by atoms with Crippen LogP contribution in [0.3, 0.4) is 0 Å². The third-order valence-electron chi connectivity index (χ3n) is 2.38. The molecule has 0 aliphatic heterocycles. The Hall–Kier alpha value is -1.08. The maximum atomic E-state index is 5.83. The van der Waals surface area contributed by atoms with Crippen molar-refractivity contribution < 1.29 is 0 Å². The van der Waals surface area contributed by atoms with Crippen LogP contribution in [0.1, 0.15) is 31.2 Å². The minimum atomic E-state index is 0.250. The van der Waals surface area contributed by atoms with Crippen LogP contribution in [0.15, 0.2) is 43.0 Å². The average molecular weight is 189 g/mol. The second-order valence-corrected chi connectivity index (χ2v) is 3.84. The van der Waals surface area contributed by atoms with Crippen molar-refractivity contribution in [2.24, 2.45) is 5.73 Å². The van der Waals surface area contributed by atoms with Crippen LogP contribution in [-0.4, -0.2) is 6.04 Å². The molecule has 0 radical (unpaired) electrons. The van der Waals surface area contributed by atoms with Gasteiger partial charge in [0, 0.05) is 6.04 Å². The molecule has 2 unspecified atom stereocenters. The number of benzene rings is 1. The predicted molar refractivity (Wildman–Crippen MR) is 62.3 cm³/mol. The molecule has 2 atom stereocenters. The number of hydrogen-bond acceptors (Lipinski definition) is 1. The lowest BCUT2D eigenvalue weighted by Crippen LogP contribution is -2.18. The topological polar surface area (TPSA) is 26.0 Å². The van der Waals surface area contributed by atoms with Gasteiger partial charge in [0.15, 0.2) is 0 Å². The van der Waals surface area contributed by atoms with Gasteiger partial charge in [-0.05, 0) is 31.2 Å². The van der Waals surface area contributed by atoms with Gasteiger partial charge in [0.2, 0.25) is 0 Å². The van der Waals surface area contributed by atoms with Crippen LogP contribution in [0.2, 0.25) is 0 Å². The van der Waals surface area contributed by atoms with Gasteiger partial charge < -0.3 is 5.73 Å². The van der Waals surface area contributed by atoms with Gasteiger partial charge in [-0.25, -0.2) is 0 Å². The van der Waals surface area contributed by atoms with E-state index in [2.05, 4.69) is 37.8 Å². The zero-order chi connectivity index (χ0) is 10.4. The maximum absolute atomic E-state index is 5.83. The summed E-state index contributed by atoms with van der Waals surface area (Å²) < 4.78 is 0. The minimum absolute atomic E-state index is 0.250. The fraction of sp³-hybridized carbons (Fsp3) is 0.385. The van der Waals surface area contributed by atoms with Crippen LogP contribution in [0.5, 0.6) is 0 Å². The van der Waals surface area contributed by atoms with Gasteiger partial charge in [-0.1, -0.05) is 36.4 Å². The average Bonchev–Trinajstić information content (AvgIpc) is 2.18. The molecule has 1 nitrogen and oxygen atoms in total. The van der Waals surface area contributed by atoms with Crippen molar-refractivity contribution in [3.05, 3.63) is 48.6 Å². The molecule has 1 aromatic carbocycles. The lowest BCUT2D eigenvalue weighted by molar-refractivity contribution is 0.557. The van der Waals surface area contributed by atoms with E-state index in [9.17, 15) is 0 Å². The minimum Gasteiger partial charge on any atom is -0.328 e. The van der Waals surface area contributed by atoms with Crippen LogP contribution in [0, 0.1) is 0 Å². The largest absolute Gasteiger partial charge is 0.328 e. The molecule has 0 saturated carbocycles. The summed E-state index contributed by atoms with van der Waals surface area (Å²) in [7, 11) is 0. The third-order valence-corrected chi connectivity index (χ3v) is 2.38. The van der Waals surface area contributed by atoms with Gasteiger partial charge in [-0.15, -0.1) is 6.58 Å². The van der Waals surface area contributed by atoms with E-state index in [4.69, 9.17) is 5.73 Å². The third kappa shape index (κ3) is 3.35. The van der Waals surface area contributed by atoms with Crippen molar-refractivity contribution in [3.8, 4) is 0 Å². The van der Waals surface area contributed by atoms with Crippen molar-refractivity contribution in [2.75, 3.05) is 0 Å². The Balaban J connectivity index is 2.72. The van der Waals surface area contributed by atoms with E-state index in [0.717, 1.165) is 12.8 Å². The molecule has 0 aliphatic carbocycles. The van der Waals surface area contributed by atoms with Gasteiger partial charge in [0.25, 0.3) is 0 Å². The van der Waals surface area contributed by atoms with Crippen LogP contribution < -0.4 is 5.73 Å². The smallest absolute Gasteiger partial charge is 0.00164 e. The van der Waals surface area contributed by atoms with Gasteiger partial charge >= 0.3 is 0 Å². The lowest BCUT2D eigenvalue weighted by Gasteiger charge is -2.17. The molecule has 0 aliphatic rings. The summed E-state index contributed by atoms with van der Waals surface area (Å²) >= 11 is 0. The van der Waals surface area contributed by atoms with E-state index >= 15 is 0 Å². The molecule has 1 rings (SSSR count). The standard InChI is InChI=1S/C13H19N/c1-3-7-13(10-11(2)14)12-8-5-4-6-9-12/h3-6,8-9,11,13H,1,7,10,14H2,2H3. The van der Waals surface area contributed by atoms with E-state index in [1.54, 1.807) is 0 Å². The normalized spacial score (nSPS) is 14.7. The fourth-order valence-corrected chi connectivity index (χ4v) is 1.74. The van der Waals surface area contributed by atoms with Crippen molar-refractivity contribution >= 4 is 0 Å². The van der Waals surface area contributed by atoms with Gasteiger partial charge in [0.1, 0.15) is 0 Å². The molecule has 0 spiro atoms. The molecule has 0 amide bonds. The summed E-state index contributed by atoms with van der Waals surface area (Å²) in [5, 5.41) is 0. The molecule has 0 fully saturated rings. The molecular formula is C13H19N. The van der Waals surface area contributed by atoms with Crippen LogP contribution in [0.4, 0.5) is 0 Å². The first-order chi connectivity index (χ1) is 6.74. The Morgan fingerprint density at radius 3 is 2.50 bits per heavy atom. The highest BCUT2D eigenvalue weighted by Crippen LogP contribution is 2.24. The van der Waals surface area contributed by atoms with E-state index in [-0.39, 0.29) is 6.04 Å². The van der Waals surface area contributed by atoms with Crippen LogP contribution in [-0.2, 0) is 0 Å². The molecule has 0 aromatic heterocycles. The van der Waals surface area contributed by atoms with Crippen LogP contribution >= 0.6 is 0 Å². The second-order valence-electron chi connectivity index (χ2n) is 3.84. The summed E-state index contributed by atoms with van der Waals surface area (Å²) in [5.74, 6) is 0.522. The van der Waals surface area contributed by atoms with E-state index < -0.39 is 0 Å². The molecule has 2 N–H and O–H groups in total. The first-order valence-electron chi connectivity index (χ1n) is 5.15. The monoisotopic (exact) mass is 189 g/mol. The van der Waals surface area contributed by atoms with E-state index in [1.807, 2.05) is 12.1 Å². The van der Waals surface area contributed by atoms with Crippen molar-refractivity contribution in [1.82, 2.24) is 0 Å². The van der Waals surface area contributed by atoms with Gasteiger partial charge in [-0.3, -0.25) is 0 Å². The Morgan fingerprint density at radius 2 is 2.00 bits per heavy atom. The van der Waals surface area contributed by atoms with Gasteiger partial charge in [-0.2, -0.15) is 0 Å². The predicted octanol–water partition coefficient (Wildman–Crippen LogP) is 3.08. The van der Waals surface area contributed by atoms with Crippen molar-refractivity contribution in [1.29, 1.82) is 0 Å². The molecule has 1 heteroatoms. The highest BCUT2D eigenvalue weighted by Gasteiger charge is 2.11. The second kappa shape index (κ2) is 5.61. The van der Waals surface area contributed by atoms with E-state index in [0.29, 0.717) is 5.92 Å². The molecule has 14 heavy (non-hydrogen) atoms. The van der Waals surface area contributed by atoms with Crippen LogP contribution in [0.25, 0.3) is 0 Å². The summed E-state index contributed by atoms with van der Waals surface area (Å²) in [6.45, 7) is 5.85. The number of nitrogens with two attached hydrogens (primary N) is 1. The Labute approximate surface area is 86.6 Å². The Morgan fingerprint density at radius 1 is 1.36 bits per heavy atom. The van der Waals surface area contributed by atoms with E-state index in [1.165, 1.54) is 5.56 Å². The SMILES string of the molecule is C=CCC(CC(C)N)c1ccccc1. The molecule has 0 bridgehead atoms. The Bertz CT molecular complexity index is 264. The number of allylic oxidation sites excluding steroid dienone is 1. The summed E-state index contributed by atoms with van der Waals surface area (Å²) in [6.07, 6.45) is 4.00. The van der Waals surface area contributed by atoms with Crippen molar-refractivity contribution in [3.63, 3.8) is 0 Å². The summed E-state index contributed by atoms with van der Waals surface area (Å²) in [5.41, 5.74) is 7.19. The summed E-state index contributed by atoms with van der Waals surface area (Å²) in [4.78, 5) is 0. The zero-order valence-electron chi connectivity index (χ0n) is 8.82. The highest BCUT2D eigenvalue weighted by atomic mass is 14.6. The molecule has 0 saturated heterocycles. The number of hydrogen-bond donors (Lipinski definition) is 1. The zero-order valence-corrected chi connectivity index (χ0v) is 8.82. The molecule has 0 heterocycles. The Kier molecular flexibility index (Phi) is 4.41. The van der Waals surface area contributed by atoms with Crippen molar-refractivity contribution in [2.45, 2.75) is 31.7 Å². The first kappa shape index (κ1) is 11.0. The lowest BCUT2D eigenvalue weighted by atomic mass is 9.90.